The van der Waals surface area contributed by atoms with Crippen LogP contribution in [0.5, 0.6) is 0 Å². The van der Waals surface area contributed by atoms with Gasteiger partial charge in [0.1, 0.15) is 0 Å². The first-order chi connectivity index (χ1) is 14.0. The summed E-state index contributed by atoms with van der Waals surface area (Å²) >= 11 is 0. The Labute approximate surface area is 173 Å². The van der Waals surface area contributed by atoms with Gasteiger partial charge in [-0.1, -0.05) is 42.5 Å². The summed E-state index contributed by atoms with van der Waals surface area (Å²) in [5, 5.41) is 11.8. The SMILES string of the molecule is CN=C(NCc1ccc(S(N)(=O)=O)cc1)NCC1CCCN1Cc1ccccc1. The number of likely N-dealkylation sites (tertiary alicyclic amines) is 1. The highest BCUT2D eigenvalue weighted by atomic mass is 32.2. The first-order valence-corrected chi connectivity index (χ1v) is 11.3. The summed E-state index contributed by atoms with van der Waals surface area (Å²) in [6.45, 7) is 3.46. The van der Waals surface area contributed by atoms with Crippen molar-refractivity contribution in [2.75, 3.05) is 20.1 Å². The highest BCUT2D eigenvalue weighted by Crippen LogP contribution is 2.19. The Kier molecular flexibility index (Phi) is 7.24. The lowest BCUT2D eigenvalue weighted by Crippen LogP contribution is -2.44. The molecule has 0 amide bonds. The number of nitrogens with zero attached hydrogens (tertiary/aromatic N) is 2. The molecule has 0 aliphatic carbocycles. The van der Waals surface area contributed by atoms with Crippen molar-refractivity contribution in [3.63, 3.8) is 0 Å². The normalized spacial score (nSPS) is 18.0. The van der Waals surface area contributed by atoms with Crippen molar-refractivity contribution >= 4 is 16.0 Å². The minimum Gasteiger partial charge on any atom is -0.355 e. The van der Waals surface area contributed by atoms with E-state index in [9.17, 15) is 8.42 Å². The molecule has 2 aromatic rings. The average molecular weight is 416 g/mol. The molecule has 4 N–H and O–H groups in total. The molecular weight excluding hydrogens is 386 g/mol. The first-order valence-electron chi connectivity index (χ1n) is 9.80. The quantitative estimate of drug-likeness (QED) is 0.472. The second-order valence-corrected chi connectivity index (χ2v) is 8.81. The van der Waals surface area contributed by atoms with Crippen LogP contribution in [0.4, 0.5) is 0 Å². The van der Waals surface area contributed by atoms with Crippen molar-refractivity contribution in [3.05, 3.63) is 65.7 Å². The Morgan fingerprint density at radius 2 is 1.83 bits per heavy atom. The molecule has 0 bridgehead atoms. The molecule has 29 heavy (non-hydrogen) atoms. The van der Waals surface area contributed by atoms with Crippen molar-refractivity contribution in [2.45, 2.75) is 36.9 Å². The molecule has 156 valence electrons. The fourth-order valence-electron chi connectivity index (χ4n) is 3.57. The topological polar surface area (TPSA) is 99.8 Å². The molecule has 1 heterocycles. The summed E-state index contributed by atoms with van der Waals surface area (Å²) in [5.41, 5.74) is 2.29. The molecule has 1 aliphatic heterocycles. The highest BCUT2D eigenvalue weighted by Gasteiger charge is 2.24. The summed E-state index contributed by atoms with van der Waals surface area (Å²) in [6.07, 6.45) is 2.38. The third kappa shape index (κ3) is 6.28. The van der Waals surface area contributed by atoms with Crippen molar-refractivity contribution in [1.29, 1.82) is 0 Å². The van der Waals surface area contributed by atoms with E-state index >= 15 is 0 Å². The van der Waals surface area contributed by atoms with E-state index in [0.29, 0.717) is 12.6 Å². The highest BCUT2D eigenvalue weighted by molar-refractivity contribution is 7.89. The molecule has 0 radical (unpaired) electrons. The van der Waals surface area contributed by atoms with Crippen LogP contribution in [-0.4, -0.2) is 45.5 Å². The molecule has 1 atom stereocenters. The predicted octanol–water partition coefficient (Wildman–Crippen LogP) is 1.66. The number of sulfonamides is 1. The van der Waals surface area contributed by atoms with Crippen LogP contribution in [-0.2, 0) is 23.1 Å². The van der Waals surface area contributed by atoms with Crippen LogP contribution in [0, 0.1) is 0 Å². The number of primary sulfonamides is 1. The van der Waals surface area contributed by atoms with Gasteiger partial charge in [0.25, 0.3) is 0 Å². The number of guanidine groups is 1. The van der Waals surface area contributed by atoms with Gasteiger partial charge < -0.3 is 10.6 Å². The van der Waals surface area contributed by atoms with Gasteiger partial charge in [-0.25, -0.2) is 13.6 Å². The van der Waals surface area contributed by atoms with Crippen LogP contribution in [0.2, 0.25) is 0 Å². The zero-order chi connectivity index (χ0) is 20.7. The summed E-state index contributed by atoms with van der Waals surface area (Å²) in [7, 11) is -1.92. The number of hydrogen-bond acceptors (Lipinski definition) is 4. The number of hydrogen-bond donors (Lipinski definition) is 3. The van der Waals surface area contributed by atoms with Crippen molar-refractivity contribution < 1.29 is 8.42 Å². The van der Waals surface area contributed by atoms with E-state index in [1.54, 1.807) is 19.2 Å². The fourth-order valence-corrected chi connectivity index (χ4v) is 4.09. The van der Waals surface area contributed by atoms with Gasteiger partial charge in [0, 0.05) is 32.7 Å². The van der Waals surface area contributed by atoms with E-state index in [-0.39, 0.29) is 4.90 Å². The van der Waals surface area contributed by atoms with E-state index in [0.717, 1.165) is 31.2 Å². The minimum atomic E-state index is -3.66. The molecule has 8 heteroatoms. The minimum absolute atomic E-state index is 0.114. The number of benzene rings is 2. The van der Waals surface area contributed by atoms with E-state index in [1.165, 1.54) is 30.5 Å². The maximum absolute atomic E-state index is 11.3. The van der Waals surface area contributed by atoms with Gasteiger partial charge in [-0.05, 0) is 42.6 Å². The van der Waals surface area contributed by atoms with Crippen LogP contribution in [0.15, 0.2) is 64.5 Å². The Morgan fingerprint density at radius 3 is 2.48 bits per heavy atom. The van der Waals surface area contributed by atoms with E-state index < -0.39 is 10.0 Å². The Morgan fingerprint density at radius 1 is 1.10 bits per heavy atom. The lowest BCUT2D eigenvalue weighted by molar-refractivity contribution is 0.245. The van der Waals surface area contributed by atoms with Crippen molar-refractivity contribution in [1.82, 2.24) is 15.5 Å². The fraction of sp³-hybridized carbons (Fsp3) is 0.381. The van der Waals surface area contributed by atoms with Crippen LogP contribution >= 0.6 is 0 Å². The van der Waals surface area contributed by atoms with Gasteiger partial charge in [0.2, 0.25) is 10.0 Å². The van der Waals surface area contributed by atoms with Gasteiger partial charge in [-0.2, -0.15) is 0 Å². The van der Waals surface area contributed by atoms with Crippen LogP contribution < -0.4 is 15.8 Å². The molecule has 1 saturated heterocycles. The number of nitrogens with one attached hydrogen (secondary N) is 2. The van der Waals surface area contributed by atoms with Crippen LogP contribution in [0.3, 0.4) is 0 Å². The molecule has 1 aliphatic rings. The maximum Gasteiger partial charge on any atom is 0.238 e. The standard InChI is InChI=1S/C21H29N5O2S/c1-23-21(24-14-17-9-11-20(12-10-17)29(22,27)28)25-15-19-8-5-13-26(19)16-18-6-3-2-4-7-18/h2-4,6-7,9-12,19H,5,8,13-16H2,1H3,(H2,22,27,28)(H2,23,24,25). The molecule has 0 aromatic heterocycles. The third-order valence-electron chi connectivity index (χ3n) is 5.17. The van der Waals surface area contributed by atoms with E-state index in [1.807, 2.05) is 6.07 Å². The molecule has 1 unspecified atom stereocenters. The van der Waals surface area contributed by atoms with Crippen molar-refractivity contribution in [3.8, 4) is 0 Å². The number of nitrogens with two attached hydrogens (primary N) is 1. The second kappa shape index (κ2) is 9.87. The summed E-state index contributed by atoms with van der Waals surface area (Å²) in [6, 6.07) is 17.6. The monoisotopic (exact) mass is 415 g/mol. The predicted molar refractivity (Wildman–Crippen MR) is 116 cm³/mol. The lowest BCUT2D eigenvalue weighted by Gasteiger charge is -2.25. The second-order valence-electron chi connectivity index (χ2n) is 7.25. The maximum atomic E-state index is 11.3. The Hall–Kier alpha value is -2.42. The lowest BCUT2D eigenvalue weighted by atomic mass is 10.2. The van der Waals surface area contributed by atoms with Gasteiger partial charge in [-0.15, -0.1) is 0 Å². The van der Waals surface area contributed by atoms with Gasteiger partial charge in [0.05, 0.1) is 4.90 Å². The molecular formula is C21H29N5O2S. The third-order valence-corrected chi connectivity index (χ3v) is 6.10. The number of aliphatic imine (C=N–C) groups is 1. The largest absolute Gasteiger partial charge is 0.355 e. The molecule has 0 spiro atoms. The van der Waals surface area contributed by atoms with Gasteiger partial charge in [0.15, 0.2) is 5.96 Å². The number of rotatable bonds is 7. The smallest absolute Gasteiger partial charge is 0.238 e. The Bertz CT molecular complexity index is 914. The zero-order valence-corrected chi connectivity index (χ0v) is 17.5. The average Bonchev–Trinajstić information content (AvgIpc) is 3.15. The summed E-state index contributed by atoms with van der Waals surface area (Å²) < 4.78 is 22.7. The summed E-state index contributed by atoms with van der Waals surface area (Å²) in [5.74, 6) is 0.729. The van der Waals surface area contributed by atoms with E-state index in [4.69, 9.17) is 5.14 Å². The molecule has 7 nitrogen and oxygen atoms in total. The van der Waals surface area contributed by atoms with Gasteiger partial charge in [-0.3, -0.25) is 9.89 Å². The van der Waals surface area contributed by atoms with Crippen molar-refractivity contribution in [2.24, 2.45) is 10.1 Å². The van der Waals surface area contributed by atoms with E-state index in [2.05, 4.69) is 44.8 Å². The molecule has 0 saturated carbocycles. The van der Waals surface area contributed by atoms with Crippen LogP contribution in [0.1, 0.15) is 24.0 Å². The first kappa shape index (κ1) is 21.3. The summed E-state index contributed by atoms with van der Waals surface area (Å²) in [4.78, 5) is 6.92. The molecule has 2 aromatic carbocycles. The zero-order valence-electron chi connectivity index (χ0n) is 16.7. The molecule has 1 fully saturated rings. The van der Waals surface area contributed by atoms with Crippen LogP contribution in [0.25, 0.3) is 0 Å². The molecule has 3 rings (SSSR count). The van der Waals surface area contributed by atoms with Gasteiger partial charge >= 0.3 is 0 Å². The Balaban J connectivity index is 1.48.